The van der Waals surface area contributed by atoms with Crippen LogP contribution in [0.5, 0.6) is 11.5 Å². The van der Waals surface area contributed by atoms with Gasteiger partial charge in [0.05, 0.1) is 0 Å². The molecule has 0 atom stereocenters. The highest BCUT2D eigenvalue weighted by atomic mass is 16.5. The van der Waals surface area contributed by atoms with Crippen molar-refractivity contribution in [2.24, 2.45) is 0 Å². The molecule has 0 amide bonds. The topological polar surface area (TPSA) is 29.5 Å². The minimum absolute atomic E-state index is 0.210. The largest absolute Gasteiger partial charge is 0.504 e. The second kappa shape index (κ2) is 3.02. The number of para-hydroxylation sites is 1. The normalized spacial score (nSPS) is 12.5. The number of aromatic hydroxyl groups is 1. The fraction of sp³-hybridized carbons (Fsp3) is 0.0769. The molecule has 1 N–H and O–H groups in total. The molecule has 2 aromatic rings. The highest BCUT2D eigenvalue weighted by Gasteiger charge is 2.18. The average Bonchev–Trinajstić information content (AvgIpc) is 2.29. The van der Waals surface area contributed by atoms with E-state index in [1.807, 2.05) is 30.3 Å². The summed E-state index contributed by atoms with van der Waals surface area (Å²) in [7, 11) is 0. The van der Waals surface area contributed by atoms with Crippen molar-refractivity contribution >= 4 is 0 Å². The summed E-state index contributed by atoms with van der Waals surface area (Å²) in [5.41, 5.74) is 3.28. The van der Waals surface area contributed by atoms with Crippen molar-refractivity contribution in [1.29, 1.82) is 0 Å². The van der Waals surface area contributed by atoms with Gasteiger partial charge in [0, 0.05) is 5.56 Å². The Morgan fingerprint density at radius 2 is 1.73 bits per heavy atom. The van der Waals surface area contributed by atoms with Gasteiger partial charge < -0.3 is 9.84 Å². The van der Waals surface area contributed by atoms with Crippen LogP contribution in [0.25, 0.3) is 11.1 Å². The van der Waals surface area contributed by atoms with Gasteiger partial charge in [0.15, 0.2) is 11.5 Å². The quantitative estimate of drug-likeness (QED) is 0.705. The van der Waals surface area contributed by atoms with Crippen LogP contribution in [-0.2, 0) is 6.61 Å². The van der Waals surface area contributed by atoms with Gasteiger partial charge in [0.1, 0.15) is 6.61 Å². The van der Waals surface area contributed by atoms with Gasteiger partial charge in [-0.25, -0.2) is 0 Å². The third kappa shape index (κ3) is 1.18. The Hall–Kier alpha value is -1.96. The summed E-state index contributed by atoms with van der Waals surface area (Å²) in [5.74, 6) is 0.804. The summed E-state index contributed by atoms with van der Waals surface area (Å²) >= 11 is 0. The summed E-state index contributed by atoms with van der Waals surface area (Å²) < 4.78 is 5.53. The molecule has 0 spiro atoms. The smallest absolute Gasteiger partial charge is 0.169 e. The van der Waals surface area contributed by atoms with Crippen LogP contribution < -0.4 is 4.74 Å². The zero-order chi connectivity index (χ0) is 10.3. The van der Waals surface area contributed by atoms with E-state index in [1.54, 1.807) is 6.07 Å². The predicted octanol–water partition coefficient (Wildman–Crippen LogP) is 2.95. The van der Waals surface area contributed by atoms with E-state index in [0.29, 0.717) is 12.4 Å². The lowest BCUT2D eigenvalue weighted by Gasteiger charge is -2.21. The van der Waals surface area contributed by atoms with Crippen molar-refractivity contribution in [3.63, 3.8) is 0 Å². The molecule has 1 aliphatic rings. The molecule has 0 unspecified atom stereocenters. The molecule has 2 nitrogen and oxygen atoms in total. The fourth-order valence-electron chi connectivity index (χ4n) is 1.95. The van der Waals surface area contributed by atoms with E-state index in [2.05, 4.69) is 6.07 Å². The highest BCUT2D eigenvalue weighted by Crippen LogP contribution is 2.42. The van der Waals surface area contributed by atoms with Crippen LogP contribution in [0.15, 0.2) is 42.5 Å². The standard InChI is InChI=1S/C13H10O2/c14-12-7-3-6-11-10-5-2-1-4-9(10)8-15-13(11)12/h1-7,14H,8H2. The Balaban J connectivity index is 2.30. The molecule has 1 heterocycles. The lowest BCUT2D eigenvalue weighted by molar-refractivity contribution is 0.285. The Morgan fingerprint density at radius 3 is 2.67 bits per heavy atom. The predicted molar refractivity (Wildman–Crippen MR) is 57.9 cm³/mol. The fourth-order valence-corrected chi connectivity index (χ4v) is 1.95. The van der Waals surface area contributed by atoms with Gasteiger partial charge in [-0.2, -0.15) is 0 Å². The number of phenols is 1. The molecule has 0 saturated heterocycles. The minimum Gasteiger partial charge on any atom is -0.504 e. The first kappa shape index (κ1) is 8.36. The van der Waals surface area contributed by atoms with E-state index in [4.69, 9.17) is 4.74 Å². The first-order valence-electron chi connectivity index (χ1n) is 4.89. The molecule has 0 aromatic heterocycles. The summed E-state index contributed by atoms with van der Waals surface area (Å²) in [6.07, 6.45) is 0. The summed E-state index contributed by atoms with van der Waals surface area (Å²) in [6, 6.07) is 13.5. The number of hydrogen-bond donors (Lipinski definition) is 1. The summed E-state index contributed by atoms with van der Waals surface area (Å²) in [6.45, 7) is 0.529. The summed E-state index contributed by atoms with van der Waals surface area (Å²) in [5, 5.41) is 9.66. The minimum atomic E-state index is 0.210. The molecule has 0 saturated carbocycles. The zero-order valence-electron chi connectivity index (χ0n) is 8.10. The second-order valence-corrected chi connectivity index (χ2v) is 3.60. The Kier molecular flexibility index (Phi) is 1.68. The number of rotatable bonds is 0. The van der Waals surface area contributed by atoms with Gasteiger partial charge in [-0.05, 0) is 17.2 Å². The first-order chi connectivity index (χ1) is 7.36. The lowest BCUT2D eigenvalue weighted by Crippen LogP contribution is -2.04. The third-order valence-electron chi connectivity index (χ3n) is 2.67. The SMILES string of the molecule is Oc1cccc2c1OCc1ccccc1-2. The Bertz CT molecular complexity index is 518. The molecule has 0 aliphatic carbocycles. The van der Waals surface area contributed by atoms with Crippen LogP contribution in [-0.4, -0.2) is 5.11 Å². The second-order valence-electron chi connectivity index (χ2n) is 3.60. The maximum atomic E-state index is 9.66. The van der Waals surface area contributed by atoms with Crippen molar-refractivity contribution in [3.8, 4) is 22.6 Å². The van der Waals surface area contributed by atoms with Gasteiger partial charge in [-0.3, -0.25) is 0 Å². The van der Waals surface area contributed by atoms with Crippen molar-refractivity contribution in [3.05, 3.63) is 48.0 Å². The lowest BCUT2D eigenvalue weighted by atomic mass is 9.97. The molecular weight excluding hydrogens is 188 g/mol. The van der Waals surface area contributed by atoms with Gasteiger partial charge in [-0.1, -0.05) is 36.4 Å². The maximum absolute atomic E-state index is 9.66. The molecular formula is C13H10O2. The third-order valence-corrected chi connectivity index (χ3v) is 2.67. The average molecular weight is 198 g/mol. The number of fused-ring (bicyclic) bond motifs is 3. The van der Waals surface area contributed by atoms with E-state index in [-0.39, 0.29) is 5.75 Å². The molecule has 2 heteroatoms. The molecule has 0 fully saturated rings. The number of benzene rings is 2. The van der Waals surface area contributed by atoms with Crippen LogP contribution in [0.1, 0.15) is 5.56 Å². The van der Waals surface area contributed by atoms with E-state index in [9.17, 15) is 5.11 Å². The Labute approximate surface area is 87.8 Å². The van der Waals surface area contributed by atoms with E-state index in [1.165, 1.54) is 0 Å². The molecule has 0 radical (unpaired) electrons. The highest BCUT2D eigenvalue weighted by molar-refractivity contribution is 5.77. The van der Waals surface area contributed by atoms with Crippen LogP contribution in [0.2, 0.25) is 0 Å². The molecule has 0 bridgehead atoms. The zero-order valence-corrected chi connectivity index (χ0v) is 8.10. The van der Waals surface area contributed by atoms with Gasteiger partial charge in [0.2, 0.25) is 0 Å². The van der Waals surface area contributed by atoms with E-state index < -0.39 is 0 Å². The van der Waals surface area contributed by atoms with Crippen LogP contribution in [0, 0.1) is 0 Å². The van der Waals surface area contributed by atoms with Crippen LogP contribution in [0.3, 0.4) is 0 Å². The molecule has 74 valence electrons. The molecule has 2 aromatic carbocycles. The van der Waals surface area contributed by atoms with Gasteiger partial charge >= 0.3 is 0 Å². The monoisotopic (exact) mass is 198 g/mol. The Morgan fingerprint density at radius 1 is 0.933 bits per heavy atom. The molecule has 15 heavy (non-hydrogen) atoms. The van der Waals surface area contributed by atoms with Gasteiger partial charge in [-0.15, -0.1) is 0 Å². The number of phenolic OH excluding ortho intramolecular Hbond substituents is 1. The van der Waals surface area contributed by atoms with Crippen molar-refractivity contribution in [1.82, 2.24) is 0 Å². The van der Waals surface area contributed by atoms with E-state index >= 15 is 0 Å². The van der Waals surface area contributed by atoms with Crippen molar-refractivity contribution in [2.75, 3.05) is 0 Å². The van der Waals surface area contributed by atoms with Crippen LogP contribution in [0.4, 0.5) is 0 Å². The first-order valence-corrected chi connectivity index (χ1v) is 4.89. The summed E-state index contributed by atoms with van der Waals surface area (Å²) in [4.78, 5) is 0. The number of hydrogen-bond acceptors (Lipinski definition) is 2. The molecule has 1 aliphatic heterocycles. The molecule has 3 rings (SSSR count). The van der Waals surface area contributed by atoms with Crippen molar-refractivity contribution in [2.45, 2.75) is 6.61 Å². The number of ether oxygens (including phenoxy) is 1. The van der Waals surface area contributed by atoms with Gasteiger partial charge in [0.25, 0.3) is 0 Å². The maximum Gasteiger partial charge on any atom is 0.169 e. The van der Waals surface area contributed by atoms with E-state index in [0.717, 1.165) is 16.7 Å². The van der Waals surface area contributed by atoms with Crippen molar-refractivity contribution < 1.29 is 9.84 Å². The van der Waals surface area contributed by atoms with Crippen LogP contribution >= 0.6 is 0 Å².